The zero-order valence-electron chi connectivity index (χ0n) is 17.3. The molecule has 0 unspecified atom stereocenters. The summed E-state index contributed by atoms with van der Waals surface area (Å²) in [5.41, 5.74) is -0.948. The Kier molecular flexibility index (Phi) is 13.1. The van der Waals surface area contributed by atoms with Crippen LogP contribution in [0.1, 0.15) is 33.6 Å². The highest BCUT2D eigenvalue weighted by atomic mass is 31.2. The van der Waals surface area contributed by atoms with Crippen LogP contribution >= 0.6 is 7.60 Å². The molecule has 0 aliphatic carbocycles. The van der Waals surface area contributed by atoms with Gasteiger partial charge >= 0.3 is 25.5 Å². The molecule has 0 aromatic rings. The molecule has 0 radical (unpaired) electrons. The van der Waals surface area contributed by atoms with E-state index in [0.717, 1.165) is 12.2 Å². The van der Waals surface area contributed by atoms with E-state index in [4.69, 9.17) is 23.3 Å². The number of hydrogen-bond donors (Lipinski definition) is 0. The van der Waals surface area contributed by atoms with Gasteiger partial charge in [0.05, 0.1) is 31.2 Å². The van der Waals surface area contributed by atoms with Crippen LogP contribution in [0.5, 0.6) is 0 Å². The van der Waals surface area contributed by atoms with Gasteiger partial charge in [0, 0.05) is 12.2 Å². The van der Waals surface area contributed by atoms with Crippen molar-refractivity contribution >= 4 is 25.5 Å². The highest BCUT2D eigenvalue weighted by molar-refractivity contribution is 7.53. The van der Waals surface area contributed by atoms with E-state index < -0.39 is 30.9 Å². The number of ether oxygens (including phenoxy) is 3. The summed E-state index contributed by atoms with van der Waals surface area (Å²) < 4.78 is 38.1. The second kappa shape index (κ2) is 14.1. The molecule has 0 fully saturated rings. The van der Waals surface area contributed by atoms with Gasteiger partial charge in [-0.25, -0.2) is 9.59 Å². The molecule has 0 atom stereocenters. The highest BCUT2D eigenvalue weighted by Crippen LogP contribution is 2.48. The van der Waals surface area contributed by atoms with Crippen molar-refractivity contribution in [3.05, 3.63) is 25.3 Å². The molecule has 0 aromatic carbocycles. The first-order valence-corrected chi connectivity index (χ1v) is 11.0. The van der Waals surface area contributed by atoms with Crippen molar-refractivity contribution in [2.24, 2.45) is 5.41 Å². The molecule has 9 nitrogen and oxygen atoms in total. The normalized spacial score (nSPS) is 11.4. The van der Waals surface area contributed by atoms with E-state index in [1.807, 2.05) is 0 Å². The predicted octanol–water partition coefficient (Wildman–Crippen LogP) is 3.04. The minimum Gasteiger partial charge on any atom is -0.465 e. The second-order valence-corrected chi connectivity index (χ2v) is 8.24. The molecule has 0 aliphatic rings. The molecule has 0 aliphatic heterocycles. The SMILES string of the molecule is C=CC(=O)OCC(CC)(COC(=O)C=C)COC(=O)CCP(=O)(OCC)OCC. The standard InChI is InChI=1S/C19H31O9P/c1-6-16(20)24-13-19(8-3,14-25-17(21)7-2)15-26-18(22)11-12-29(23,27-9-4)28-10-5/h6-7H,1-2,8-15H2,3-5H3. The Balaban J connectivity index is 4.98. The Bertz CT molecular complexity index is 581. The van der Waals surface area contributed by atoms with Gasteiger partial charge in [0.25, 0.3) is 0 Å². The van der Waals surface area contributed by atoms with Gasteiger partial charge in [-0.3, -0.25) is 9.36 Å². The van der Waals surface area contributed by atoms with E-state index in [1.165, 1.54) is 0 Å². The molecule has 0 aromatic heterocycles. The summed E-state index contributed by atoms with van der Waals surface area (Å²) in [7, 11) is -3.37. The molecule has 0 N–H and O–H groups in total. The van der Waals surface area contributed by atoms with E-state index in [2.05, 4.69) is 13.2 Å². The topological polar surface area (TPSA) is 114 Å². The van der Waals surface area contributed by atoms with E-state index >= 15 is 0 Å². The van der Waals surface area contributed by atoms with Crippen molar-refractivity contribution < 1.29 is 42.2 Å². The van der Waals surface area contributed by atoms with Gasteiger partial charge in [-0.05, 0) is 20.3 Å². The molecule has 166 valence electrons. The predicted molar refractivity (Wildman–Crippen MR) is 106 cm³/mol. The summed E-state index contributed by atoms with van der Waals surface area (Å²) >= 11 is 0. The number of hydrogen-bond acceptors (Lipinski definition) is 9. The Labute approximate surface area is 171 Å². The van der Waals surface area contributed by atoms with Gasteiger partial charge in [0.2, 0.25) is 0 Å². The first kappa shape index (κ1) is 27.0. The Morgan fingerprint density at radius 3 is 1.69 bits per heavy atom. The van der Waals surface area contributed by atoms with Crippen molar-refractivity contribution in [1.29, 1.82) is 0 Å². The molecule has 10 heteroatoms. The molecule has 0 heterocycles. The summed E-state index contributed by atoms with van der Waals surface area (Å²) in [6.45, 7) is 11.7. The lowest BCUT2D eigenvalue weighted by molar-refractivity contribution is -0.158. The van der Waals surface area contributed by atoms with E-state index in [9.17, 15) is 18.9 Å². The zero-order chi connectivity index (χ0) is 22.3. The van der Waals surface area contributed by atoms with Crippen molar-refractivity contribution in [3.63, 3.8) is 0 Å². The average molecular weight is 434 g/mol. The summed E-state index contributed by atoms with van der Waals surface area (Å²) in [5, 5.41) is 0. The van der Waals surface area contributed by atoms with Gasteiger partial charge in [-0.2, -0.15) is 0 Å². The van der Waals surface area contributed by atoms with Crippen LogP contribution < -0.4 is 0 Å². The van der Waals surface area contributed by atoms with E-state index in [-0.39, 0.29) is 45.6 Å². The second-order valence-electron chi connectivity index (χ2n) is 6.06. The van der Waals surface area contributed by atoms with Crippen LogP contribution in [-0.2, 0) is 42.2 Å². The Hall–Kier alpha value is -1.96. The van der Waals surface area contributed by atoms with Crippen molar-refractivity contribution in [3.8, 4) is 0 Å². The molecular weight excluding hydrogens is 403 g/mol. The molecule has 0 saturated heterocycles. The average Bonchev–Trinajstić information content (AvgIpc) is 2.71. The van der Waals surface area contributed by atoms with Gasteiger partial charge in [0.15, 0.2) is 0 Å². The van der Waals surface area contributed by atoms with Crippen LogP contribution in [0.3, 0.4) is 0 Å². The van der Waals surface area contributed by atoms with Crippen LogP contribution in [0.25, 0.3) is 0 Å². The lowest BCUT2D eigenvalue weighted by Crippen LogP contribution is -2.39. The monoisotopic (exact) mass is 434 g/mol. The van der Waals surface area contributed by atoms with Crippen molar-refractivity contribution in [1.82, 2.24) is 0 Å². The fourth-order valence-corrected chi connectivity index (χ4v) is 3.67. The third-order valence-corrected chi connectivity index (χ3v) is 5.98. The molecule has 0 amide bonds. The van der Waals surface area contributed by atoms with Crippen molar-refractivity contribution in [2.45, 2.75) is 33.6 Å². The summed E-state index contributed by atoms with van der Waals surface area (Å²) in [4.78, 5) is 35.0. The first-order valence-electron chi connectivity index (χ1n) is 9.32. The van der Waals surface area contributed by atoms with Gasteiger partial charge in [-0.15, -0.1) is 0 Å². The van der Waals surface area contributed by atoms with E-state index in [1.54, 1.807) is 20.8 Å². The Morgan fingerprint density at radius 1 is 0.862 bits per heavy atom. The van der Waals surface area contributed by atoms with Gasteiger partial charge in [-0.1, -0.05) is 20.1 Å². The van der Waals surface area contributed by atoms with Crippen LogP contribution in [0.15, 0.2) is 25.3 Å². The first-order chi connectivity index (χ1) is 13.7. The van der Waals surface area contributed by atoms with E-state index in [0.29, 0.717) is 6.42 Å². The number of esters is 3. The number of rotatable bonds is 16. The summed E-state index contributed by atoms with van der Waals surface area (Å²) in [6.07, 6.45) is 2.08. The van der Waals surface area contributed by atoms with Gasteiger partial charge in [0.1, 0.15) is 19.8 Å². The Morgan fingerprint density at radius 2 is 1.31 bits per heavy atom. The fraction of sp³-hybridized carbons (Fsp3) is 0.632. The van der Waals surface area contributed by atoms with Crippen LogP contribution in [0.2, 0.25) is 0 Å². The van der Waals surface area contributed by atoms with Crippen molar-refractivity contribution in [2.75, 3.05) is 39.2 Å². The fourth-order valence-electron chi connectivity index (χ4n) is 2.09. The molecule has 29 heavy (non-hydrogen) atoms. The van der Waals surface area contributed by atoms with Crippen LogP contribution in [0, 0.1) is 5.41 Å². The zero-order valence-corrected chi connectivity index (χ0v) is 18.2. The smallest absolute Gasteiger partial charge is 0.331 e. The molecule has 0 saturated carbocycles. The third-order valence-electron chi connectivity index (χ3n) is 3.91. The minimum absolute atomic E-state index is 0.121. The lowest BCUT2D eigenvalue weighted by Gasteiger charge is -2.30. The summed E-state index contributed by atoms with van der Waals surface area (Å²) in [5.74, 6) is -1.94. The largest absolute Gasteiger partial charge is 0.465 e. The summed E-state index contributed by atoms with van der Waals surface area (Å²) in [6, 6.07) is 0. The van der Waals surface area contributed by atoms with Gasteiger partial charge < -0.3 is 23.3 Å². The minimum atomic E-state index is -3.37. The maximum atomic E-state index is 12.4. The molecule has 0 bridgehead atoms. The number of carbonyl (C=O) groups excluding carboxylic acids is 3. The molecule has 0 rings (SSSR count). The third kappa shape index (κ3) is 11.0. The van der Waals surface area contributed by atoms with Crippen LogP contribution in [-0.4, -0.2) is 57.1 Å². The lowest BCUT2D eigenvalue weighted by atomic mass is 9.88. The maximum absolute atomic E-state index is 12.4. The molecule has 0 spiro atoms. The quantitative estimate of drug-likeness (QED) is 0.156. The molecular formula is C19H31O9P. The highest BCUT2D eigenvalue weighted by Gasteiger charge is 2.34. The van der Waals surface area contributed by atoms with Crippen LogP contribution in [0.4, 0.5) is 0 Å². The maximum Gasteiger partial charge on any atom is 0.331 e. The number of carbonyl (C=O) groups is 3.